The van der Waals surface area contributed by atoms with Gasteiger partial charge < -0.3 is 0 Å². The van der Waals surface area contributed by atoms with Crippen molar-refractivity contribution in [2.75, 3.05) is 0 Å². The van der Waals surface area contributed by atoms with Crippen LogP contribution in [-0.2, 0) is 18.2 Å². The molecule has 0 N–H and O–H groups in total. The summed E-state index contributed by atoms with van der Waals surface area (Å²) >= 11 is 12.1. The Labute approximate surface area is 141 Å². The van der Waals surface area contributed by atoms with Crippen molar-refractivity contribution in [2.45, 2.75) is 71.6 Å². The molecule has 0 aromatic heterocycles. The molecule has 1 atom stereocenters. The Hall–Kier alpha value is -0.200. The van der Waals surface area contributed by atoms with E-state index in [0.717, 1.165) is 18.3 Å². The molecule has 1 rings (SSSR count). The first-order valence-electron chi connectivity index (χ1n) is 8.21. The highest BCUT2D eigenvalue weighted by Gasteiger charge is 2.09. The lowest BCUT2D eigenvalue weighted by atomic mass is 9.91. The first-order valence-corrected chi connectivity index (χ1v) is 9.28. The highest BCUT2D eigenvalue weighted by molar-refractivity contribution is 6.17. The van der Waals surface area contributed by atoms with Gasteiger partial charge in [0.2, 0.25) is 0 Å². The van der Waals surface area contributed by atoms with E-state index >= 15 is 0 Å². The zero-order valence-electron chi connectivity index (χ0n) is 14.0. The Balaban J connectivity index is 2.57. The summed E-state index contributed by atoms with van der Waals surface area (Å²) in [5, 5.41) is 0. The Kier molecular flexibility index (Phi) is 8.74. The lowest BCUT2D eigenvalue weighted by Crippen LogP contribution is -2.02. The largest absolute Gasteiger partial charge is 0.122 e. The van der Waals surface area contributed by atoms with E-state index in [9.17, 15) is 0 Å². The highest BCUT2D eigenvalue weighted by Crippen LogP contribution is 2.24. The van der Waals surface area contributed by atoms with Crippen LogP contribution in [0.1, 0.15) is 68.7 Å². The SMILES string of the molecule is Cc1cc(CCl)c(CCC(C)CCCC(C)C)cc1CCl. The maximum absolute atomic E-state index is 6.10. The van der Waals surface area contributed by atoms with E-state index < -0.39 is 0 Å². The second-order valence-corrected chi connectivity index (χ2v) is 7.32. The molecule has 1 aromatic carbocycles. The molecule has 0 aliphatic rings. The molecule has 0 spiro atoms. The smallest absolute Gasteiger partial charge is 0.0476 e. The first-order chi connectivity index (χ1) is 9.97. The van der Waals surface area contributed by atoms with Crippen LogP contribution in [0.15, 0.2) is 12.1 Å². The number of rotatable bonds is 9. The van der Waals surface area contributed by atoms with Crippen LogP contribution in [0.5, 0.6) is 0 Å². The fourth-order valence-electron chi connectivity index (χ4n) is 2.79. The molecule has 0 fully saturated rings. The average Bonchev–Trinajstić information content (AvgIpc) is 2.45. The summed E-state index contributed by atoms with van der Waals surface area (Å²) in [5.74, 6) is 2.79. The fourth-order valence-corrected chi connectivity index (χ4v) is 3.32. The minimum atomic E-state index is 0.589. The van der Waals surface area contributed by atoms with Crippen LogP contribution in [-0.4, -0.2) is 0 Å². The molecule has 2 heteroatoms. The Bertz CT molecular complexity index is 424. The second kappa shape index (κ2) is 9.74. The van der Waals surface area contributed by atoms with E-state index in [2.05, 4.69) is 39.8 Å². The van der Waals surface area contributed by atoms with Crippen molar-refractivity contribution >= 4 is 23.2 Å². The van der Waals surface area contributed by atoms with Crippen molar-refractivity contribution in [3.05, 3.63) is 34.4 Å². The van der Waals surface area contributed by atoms with Crippen molar-refractivity contribution < 1.29 is 0 Å². The third-order valence-corrected chi connectivity index (χ3v) is 4.91. The predicted octanol–water partition coefficient (Wildman–Crippen LogP) is 6.87. The standard InChI is InChI=1S/C19H30Cl2/c1-14(2)6-5-7-15(3)8-9-17-11-18(12-20)16(4)10-19(17)13-21/h10-11,14-15H,5-9,12-13H2,1-4H3. The quantitative estimate of drug-likeness (QED) is 0.434. The number of hydrogen-bond acceptors (Lipinski definition) is 0. The van der Waals surface area contributed by atoms with E-state index in [1.54, 1.807) is 0 Å². The van der Waals surface area contributed by atoms with Crippen LogP contribution in [0.4, 0.5) is 0 Å². The lowest BCUT2D eigenvalue weighted by molar-refractivity contribution is 0.436. The molecule has 0 aliphatic heterocycles. The van der Waals surface area contributed by atoms with Gasteiger partial charge >= 0.3 is 0 Å². The third kappa shape index (κ3) is 6.61. The molecule has 0 aliphatic carbocycles. The number of hydrogen-bond donors (Lipinski definition) is 0. The molecular formula is C19H30Cl2. The zero-order valence-corrected chi connectivity index (χ0v) is 15.5. The fraction of sp³-hybridized carbons (Fsp3) is 0.684. The molecule has 120 valence electrons. The molecule has 0 saturated carbocycles. The number of halogens is 2. The van der Waals surface area contributed by atoms with Crippen LogP contribution in [0.3, 0.4) is 0 Å². The summed E-state index contributed by atoms with van der Waals surface area (Å²) in [4.78, 5) is 0. The maximum Gasteiger partial charge on any atom is 0.0476 e. The summed E-state index contributed by atoms with van der Waals surface area (Å²) < 4.78 is 0. The first kappa shape index (κ1) is 18.8. The second-order valence-electron chi connectivity index (χ2n) is 6.78. The summed E-state index contributed by atoms with van der Waals surface area (Å²) in [5.41, 5.74) is 5.17. The zero-order chi connectivity index (χ0) is 15.8. The number of aryl methyl sites for hydroxylation is 2. The van der Waals surface area contributed by atoms with Crippen LogP contribution in [0, 0.1) is 18.8 Å². The number of benzene rings is 1. The molecule has 0 saturated heterocycles. The van der Waals surface area contributed by atoms with E-state index in [1.807, 2.05) is 0 Å². The monoisotopic (exact) mass is 328 g/mol. The van der Waals surface area contributed by atoms with Gasteiger partial charge in [-0.25, -0.2) is 0 Å². The van der Waals surface area contributed by atoms with Crippen LogP contribution in [0.25, 0.3) is 0 Å². The topological polar surface area (TPSA) is 0 Å². The molecule has 0 heterocycles. The van der Waals surface area contributed by atoms with E-state index in [4.69, 9.17) is 23.2 Å². The minimum Gasteiger partial charge on any atom is -0.122 e. The molecule has 0 bridgehead atoms. The Morgan fingerprint density at radius 1 is 0.857 bits per heavy atom. The molecule has 0 nitrogen and oxygen atoms in total. The molecule has 1 aromatic rings. The van der Waals surface area contributed by atoms with Gasteiger partial charge in [0.15, 0.2) is 0 Å². The van der Waals surface area contributed by atoms with E-state index in [0.29, 0.717) is 11.8 Å². The van der Waals surface area contributed by atoms with E-state index in [-0.39, 0.29) is 0 Å². The van der Waals surface area contributed by atoms with Crippen molar-refractivity contribution in [1.29, 1.82) is 0 Å². The summed E-state index contributed by atoms with van der Waals surface area (Å²) in [7, 11) is 0. The minimum absolute atomic E-state index is 0.589. The van der Waals surface area contributed by atoms with E-state index in [1.165, 1.54) is 47.9 Å². The number of alkyl halides is 2. The molecule has 1 unspecified atom stereocenters. The Morgan fingerprint density at radius 2 is 1.52 bits per heavy atom. The lowest BCUT2D eigenvalue weighted by Gasteiger charge is -2.15. The normalized spacial score (nSPS) is 12.9. The highest BCUT2D eigenvalue weighted by atomic mass is 35.5. The predicted molar refractivity (Wildman–Crippen MR) is 96.5 cm³/mol. The molecule has 21 heavy (non-hydrogen) atoms. The van der Waals surface area contributed by atoms with Gasteiger partial charge in [0.1, 0.15) is 0 Å². The van der Waals surface area contributed by atoms with Gasteiger partial charge in [-0.05, 0) is 53.9 Å². The van der Waals surface area contributed by atoms with Crippen molar-refractivity contribution in [2.24, 2.45) is 11.8 Å². The molecule has 0 amide bonds. The summed E-state index contributed by atoms with van der Waals surface area (Å²) in [6.07, 6.45) is 6.39. The maximum atomic E-state index is 6.10. The van der Waals surface area contributed by atoms with Gasteiger partial charge in [-0.15, -0.1) is 23.2 Å². The van der Waals surface area contributed by atoms with Gasteiger partial charge in [0.05, 0.1) is 0 Å². The van der Waals surface area contributed by atoms with Crippen molar-refractivity contribution in [3.8, 4) is 0 Å². The molecular weight excluding hydrogens is 299 g/mol. The van der Waals surface area contributed by atoms with Crippen molar-refractivity contribution in [3.63, 3.8) is 0 Å². The van der Waals surface area contributed by atoms with Gasteiger partial charge in [-0.2, -0.15) is 0 Å². The van der Waals surface area contributed by atoms with Gasteiger partial charge in [0, 0.05) is 11.8 Å². The average molecular weight is 329 g/mol. The Morgan fingerprint density at radius 3 is 2.10 bits per heavy atom. The van der Waals surface area contributed by atoms with Crippen LogP contribution in [0.2, 0.25) is 0 Å². The van der Waals surface area contributed by atoms with Crippen LogP contribution >= 0.6 is 23.2 Å². The van der Waals surface area contributed by atoms with Gasteiger partial charge in [-0.3, -0.25) is 0 Å². The summed E-state index contributed by atoms with van der Waals surface area (Å²) in [6.45, 7) is 9.10. The van der Waals surface area contributed by atoms with Crippen molar-refractivity contribution in [1.82, 2.24) is 0 Å². The molecule has 0 radical (unpaired) electrons. The third-order valence-electron chi connectivity index (χ3n) is 4.33. The van der Waals surface area contributed by atoms with Crippen LogP contribution < -0.4 is 0 Å². The van der Waals surface area contributed by atoms with Gasteiger partial charge in [0.25, 0.3) is 0 Å². The van der Waals surface area contributed by atoms with Gasteiger partial charge in [-0.1, -0.05) is 52.2 Å². The summed E-state index contributed by atoms with van der Waals surface area (Å²) in [6, 6.07) is 4.48.